The third kappa shape index (κ3) is 9.63. The van der Waals surface area contributed by atoms with Crippen molar-refractivity contribution in [2.24, 2.45) is 10.9 Å². The lowest BCUT2D eigenvalue weighted by atomic mass is 10.1. The number of unbranched alkanes of at least 4 members (excludes halogenated alkanes) is 1. The highest BCUT2D eigenvalue weighted by atomic mass is 16.2. The van der Waals surface area contributed by atoms with Gasteiger partial charge in [-0.25, -0.2) is 0 Å². The lowest BCUT2D eigenvalue weighted by molar-refractivity contribution is 0.291. The highest BCUT2D eigenvalue weighted by molar-refractivity contribution is 5.56. The first-order valence-electron chi connectivity index (χ1n) is 4.36. The molecule has 0 unspecified atom stereocenters. The fourth-order valence-corrected chi connectivity index (χ4v) is 0.698. The van der Waals surface area contributed by atoms with Gasteiger partial charge in [-0.3, -0.25) is 4.99 Å². The Hall–Kier alpha value is -0.370. The molecule has 2 nitrogen and oxygen atoms in total. The second kappa shape index (κ2) is 7.73. The Kier molecular flexibility index (Phi) is 7.47. The van der Waals surface area contributed by atoms with Gasteiger partial charge in [0.25, 0.3) is 0 Å². The van der Waals surface area contributed by atoms with Crippen LogP contribution in [0.15, 0.2) is 4.99 Å². The molecule has 66 valence electrons. The molecule has 0 aliphatic heterocycles. The van der Waals surface area contributed by atoms with Crippen LogP contribution in [-0.4, -0.2) is 24.5 Å². The van der Waals surface area contributed by atoms with E-state index in [0.717, 1.165) is 31.7 Å². The van der Waals surface area contributed by atoms with Crippen LogP contribution >= 0.6 is 0 Å². The Morgan fingerprint density at radius 3 is 2.73 bits per heavy atom. The van der Waals surface area contributed by atoms with Crippen LogP contribution in [0, 0.1) is 5.92 Å². The van der Waals surface area contributed by atoms with Gasteiger partial charge in [0.05, 0.1) is 0 Å². The molecule has 0 heterocycles. The molecule has 0 aliphatic carbocycles. The molecule has 1 N–H and O–H groups in total. The van der Waals surface area contributed by atoms with E-state index in [-0.39, 0.29) is 6.61 Å². The largest absolute Gasteiger partial charge is 0.396 e. The smallest absolute Gasteiger partial charge is 0.0434 e. The second-order valence-electron chi connectivity index (χ2n) is 3.14. The summed E-state index contributed by atoms with van der Waals surface area (Å²) in [6.45, 7) is 5.60. The van der Waals surface area contributed by atoms with E-state index in [4.69, 9.17) is 5.11 Å². The number of aliphatic imine (C=N–C) groups is 1. The van der Waals surface area contributed by atoms with Gasteiger partial charge >= 0.3 is 0 Å². The van der Waals surface area contributed by atoms with Crippen molar-refractivity contribution in [2.45, 2.75) is 33.1 Å². The van der Waals surface area contributed by atoms with E-state index in [0.29, 0.717) is 0 Å². The Morgan fingerprint density at radius 1 is 1.45 bits per heavy atom. The van der Waals surface area contributed by atoms with Gasteiger partial charge in [0.2, 0.25) is 0 Å². The molecule has 0 aromatic carbocycles. The van der Waals surface area contributed by atoms with E-state index in [1.807, 2.05) is 6.21 Å². The second-order valence-corrected chi connectivity index (χ2v) is 3.14. The highest BCUT2D eigenvalue weighted by Gasteiger charge is 1.89. The van der Waals surface area contributed by atoms with Crippen molar-refractivity contribution in [3.05, 3.63) is 0 Å². The van der Waals surface area contributed by atoms with Gasteiger partial charge in [0.1, 0.15) is 0 Å². The van der Waals surface area contributed by atoms with Crippen molar-refractivity contribution in [3.8, 4) is 0 Å². The summed E-state index contributed by atoms with van der Waals surface area (Å²) in [6, 6.07) is 0. The van der Waals surface area contributed by atoms with Crippen LogP contribution in [0.25, 0.3) is 0 Å². The zero-order chi connectivity index (χ0) is 8.53. The number of hydrogen-bond donors (Lipinski definition) is 1. The summed E-state index contributed by atoms with van der Waals surface area (Å²) < 4.78 is 0. The van der Waals surface area contributed by atoms with Crippen molar-refractivity contribution < 1.29 is 5.11 Å². The first kappa shape index (κ1) is 10.6. The zero-order valence-corrected chi connectivity index (χ0v) is 7.58. The Bertz CT molecular complexity index is 99.7. The number of hydrogen-bond acceptors (Lipinski definition) is 2. The minimum atomic E-state index is 0.274. The molecule has 0 rings (SSSR count). The minimum absolute atomic E-state index is 0.274. The fourth-order valence-electron chi connectivity index (χ4n) is 0.698. The molecule has 2 heteroatoms. The third-order valence-corrected chi connectivity index (χ3v) is 1.46. The molecule has 0 aliphatic rings. The van der Waals surface area contributed by atoms with Crippen LogP contribution < -0.4 is 0 Å². The molecule has 0 amide bonds. The van der Waals surface area contributed by atoms with E-state index in [9.17, 15) is 0 Å². The van der Waals surface area contributed by atoms with E-state index >= 15 is 0 Å². The van der Waals surface area contributed by atoms with Crippen molar-refractivity contribution in [1.82, 2.24) is 0 Å². The maximum atomic E-state index is 8.45. The van der Waals surface area contributed by atoms with Gasteiger partial charge in [0, 0.05) is 13.2 Å². The summed E-state index contributed by atoms with van der Waals surface area (Å²) in [5.41, 5.74) is 0. The van der Waals surface area contributed by atoms with Gasteiger partial charge in [-0.1, -0.05) is 13.8 Å². The van der Waals surface area contributed by atoms with Crippen LogP contribution in [0.2, 0.25) is 0 Å². The number of nitrogens with zero attached hydrogens (tertiary/aromatic N) is 1. The molecule has 0 saturated heterocycles. The van der Waals surface area contributed by atoms with Gasteiger partial charge in [-0.15, -0.1) is 0 Å². The highest BCUT2D eigenvalue weighted by Crippen LogP contribution is 1.98. The van der Waals surface area contributed by atoms with Crippen LogP contribution in [-0.2, 0) is 0 Å². The van der Waals surface area contributed by atoms with Gasteiger partial charge in [-0.2, -0.15) is 0 Å². The van der Waals surface area contributed by atoms with Crippen LogP contribution in [0.3, 0.4) is 0 Å². The predicted molar refractivity (Wildman–Crippen MR) is 49.1 cm³/mol. The van der Waals surface area contributed by atoms with Crippen molar-refractivity contribution in [1.29, 1.82) is 0 Å². The van der Waals surface area contributed by atoms with Crippen LogP contribution in [0.4, 0.5) is 0 Å². The Labute approximate surface area is 69.3 Å². The van der Waals surface area contributed by atoms with Gasteiger partial charge < -0.3 is 5.11 Å². The average Bonchev–Trinajstić information content (AvgIpc) is 1.96. The Morgan fingerprint density at radius 2 is 2.18 bits per heavy atom. The SMILES string of the molecule is CC(C)CCN=CCCCO. The number of aliphatic hydroxyl groups excluding tert-OH is 1. The standard InChI is InChI=1S/C9H19NO/c1-9(2)5-7-10-6-3-4-8-11/h6,9,11H,3-5,7-8H2,1-2H3. The van der Waals surface area contributed by atoms with E-state index in [2.05, 4.69) is 18.8 Å². The number of rotatable bonds is 6. The topological polar surface area (TPSA) is 32.6 Å². The van der Waals surface area contributed by atoms with Crippen molar-refractivity contribution in [3.63, 3.8) is 0 Å². The quantitative estimate of drug-likeness (QED) is 0.463. The van der Waals surface area contributed by atoms with Crippen molar-refractivity contribution in [2.75, 3.05) is 13.2 Å². The molecule has 0 atom stereocenters. The Balaban J connectivity index is 3.03. The van der Waals surface area contributed by atoms with Gasteiger partial charge in [-0.05, 0) is 31.4 Å². The first-order valence-corrected chi connectivity index (χ1v) is 4.36. The molecule has 11 heavy (non-hydrogen) atoms. The molecule has 0 spiro atoms. The van der Waals surface area contributed by atoms with E-state index in [1.54, 1.807) is 0 Å². The zero-order valence-electron chi connectivity index (χ0n) is 7.58. The summed E-state index contributed by atoms with van der Waals surface area (Å²) in [6.07, 6.45) is 4.83. The molecular weight excluding hydrogens is 138 g/mol. The third-order valence-electron chi connectivity index (χ3n) is 1.46. The molecule has 0 aromatic heterocycles. The fraction of sp³-hybridized carbons (Fsp3) is 0.889. The normalized spacial score (nSPS) is 11.6. The molecule has 0 radical (unpaired) electrons. The monoisotopic (exact) mass is 157 g/mol. The molecule has 0 aromatic rings. The van der Waals surface area contributed by atoms with Gasteiger partial charge in [0.15, 0.2) is 0 Å². The van der Waals surface area contributed by atoms with Crippen LogP contribution in [0.1, 0.15) is 33.1 Å². The average molecular weight is 157 g/mol. The summed E-state index contributed by atoms with van der Waals surface area (Å²) >= 11 is 0. The summed E-state index contributed by atoms with van der Waals surface area (Å²) in [7, 11) is 0. The minimum Gasteiger partial charge on any atom is -0.396 e. The van der Waals surface area contributed by atoms with Crippen molar-refractivity contribution >= 4 is 6.21 Å². The maximum Gasteiger partial charge on any atom is 0.0434 e. The lowest BCUT2D eigenvalue weighted by Crippen LogP contribution is -1.91. The number of aliphatic hydroxyl groups is 1. The van der Waals surface area contributed by atoms with Crippen LogP contribution in [0.5, 0.6) is 0 Å². The molecule has 0 saturated carbocycles. The molecular formula is C9H19NO. The van der Waals surface area contributed by atoms with E-state index < -0.39 is 0 Å². The first-order chi connectivity index (χ1) is 5.27. The lowest BCUT2D eigenvalue weighted by Gasteiger charge is -1.98. The summed E-state index contributed by atoms with van der Waals surface area (Å²) in [4.78, 5) is 4.21. The maximum absolute atomic E-state index is 8.45. The molecule has 0 bridgehead atoms. The predicted octanol–water partition coefficient (Wildman–Crippen LogP) is 1.88. The van der Waals surface area contributed by atoms with E-state index in [1.165, 1.54) is 0 Å². The summed E-state index contributed by atoms with van der Waals surface area (Å²) in [5.74, 6) is 0.741. The molecule has 0 fully saturated rings. The summed E-state index contributed by atoms with van der Waals surface area (Å²) in [5, 5.41) is 8.45.